The molecule has 1 aromatic heterocycles. The van der Waals surface area contributed by atoms with Crippen LogP contribution in [0, 0.1) is 5.92 Å². The first-order valence-electron chi connectivity index (χ1n) is 10.3. The average molecular weight is 419 g/mol. The van der Waals surface area contributed by atoms with Gasteiger partial charge in [-0.25, -0.2) is 4.98 Å². The number of amides is 1. The number of hydrogen-bond donors (Lipinski definition) is 2. The van der Waals surface area contributed by atoms with Crippen LogP contribution in [-0.2, 0) is 14.3 Å². The van der Waals surface area contributed by atoms with Gasteiger partial charge in [-0.15, -0.1) is 0 Å². The first kappa shape index (κ1) is 20.3. The monoisotopic (exact) mass is 418 g/mol. The fraction of sp³-hybridized carbons (Fsp3) is 0.571. The highest BCUT2D eigenvalue weighted by Crippen LogP contribution is 2.29. The SMILES string of the molecule is O=C(Nc1cc(C2CC=CC(=NCC3CCOCC3)N2)c(Cl)cn1)C1CCCO1. The Kier molecular flexibility index (Phi) is 6.79. The van der Waals surface area contributed by atoms with E-state index in [1.54, 1.807) is 6.20 Å². The van der Waals surface area contributed by atoms with Crippen LogP contribution in [0.1, 0.15) is 43.7 Å². The molecular weight excluding hydrogens is 392 g/mol. The van der Waals surface area contributed by atoms with Gasteiger partial charge in [-0.2, -0.15) is 0 Å². The number of carbonyl (C=O) groups excluding carboxylic acids is 1. The number of ether oxygens (including phenoxy) is 2. The number of carbonyl (C=O) groups is 1. The van der Waals surface area contributed by atoms with E-state index in [-0.39, 0.29) is 11.9 Å². The molecule has 0 aliphatic carbocycles. The van der Waals surface area contributed by atoms with Crippen LogP contribution in [0.25, 0.3) is 0 Å². The zero-order valence-electron chi connectivity index (χ0n) is 16.4. The van der Waals surface area contributed by atoms with Crippen LogP contribution in [0.4, 0.5) is 5.82 Å². The molecule has 0 radical (unpaired) electrons. The molecule has 2 saturated heterocycles. The molecule has 2 fully saturated rings. The van der Waals surface area contributed by atoms with E-state index in [0.717, 1.165) is 63.3 Å². The predicted octanol–water partition coefficient (Wildman–Crippen LogP) is 3.27. The smallest absolute Gasteiger partial charge is 0.254 e. The molecule has 0 saturated carbocycles. The van der Waals surface area contributed by atoms with Crippen molar-refractivity contribution in [1.29, 1.82) is 0 Å². The third-order valence-electron chi connectivity index (χ3n) is 5.56. The quantitative estimate of drug-likeness (QED) is 0.766. The van der Waals surface area contributed by atoms with Gasteiger partial charge in [0.15, 0.2) is 0 Å². The Morgan fingerprint density at radius 1 is 1.31 bits per heavy atom. The summed E-state index contributed by atoms with van der Waals surface area (Å²) in [6.07, 6.45) is 9.88. The van der Waals surface area contributed by atoms with E-state index in [4.69, 9.17) is 26.1 Å². The molecule has 2 N–H and O–H groups in total. The third-order valence-corrected chi connectivity index (χ3v) is 5.88. The van der Waals surface area contributed by atoms with Gasteiger partial charge in [0.1, 0.15) is 17.8 Å². The molecule has 0 bridgehead atoms. The number of aromatic nitrogens is 1. The Labute approximate surface area is 175 Å². The van der Waals surface area contributed by atoms with Crippen molar-refractivity contribution in [1.82, 2.24) is 10.3 Å². The maximum Gasteiger partial charge on any atom is 0.254 e. The number of aliphatic imine (C=N–C) groups is 1. The Morgan fingerprint density at radius 2 is 2.17 bits per heavy atom. The summed E-state index contributed by atoms with van der Waals surface area (Å²) in [5, 5.41) is 6.88. The topological polar surface area (TPSA) is 84.8 Å². The molecule has 0 spiro atoms. The van der Waals surface area contributed by atoms with Crippen LogP contribution in [0.2, 0.25) is 5.02 Å². The van der Waals surface area contributed by atoms with E-state index in [1.165, 1.54) is 0 Å². The molecule has 3 aliphatic heterocycles. The highest BCUT2D eigenvalue weighted by Gasteiger charge is 2.25. The second kappa shape index (κ2) is 9.69. The van der Waals surface area contributed by atoms with Crippen LogP contribution >= 0.6 is 11.6 Å². The van der Waals surface area contributed by atoms with Gasteiger partial charge in [0.2, 0.25) is 0 Å². The van der Waals surface area contributed by atoms with Gasteiger partial charge in [-0.1, -0.05) is 17.7 Å². The number of pyridine rings is 1. The van der Waals surface area contributed by atoms with Gasteiger partial charge in [0.25, 0.3) is 5.91 Å². The zero-order valence-corrected chi connectivity index (χ0v) is 17.2. The lowest BCUT2D eigenvalue weighted by molar-refractivity contribution is -0.124. The van der Waals surface area contributed by atoms with Gasteiger partial charge >= 0.3 is 0 Å². The second-order valence-electron chi connectivity index (χ2n) is 7.70. The molecule has 1 amide bonds. The highest BCUT2D eigenvalue weighted by molar-refractivity contribution is 6.31. The van der Waals surface area contributed by atoms with Crippen molar-refractivity contribution in [3.63, 3.8) is 0 Å². The van der Waals surface area contributed by atoms with Crippen LogP contribution in [-0.4, -0.2) is 49.2 Å². The summed E-state index contributed by atoms with van der Waals surface area (Å²) in [5.41, 5.74) is 0.896. The first-order valence-corrected chi connectivity index (χ1v) is 10.7. The van der Waals surface area contributed by atoms with Gasteiger partial charge in [0.05, 0.1) is 11.1 Å². The Hall–Kier alpha value is -1.96. The number of hydrogen-bond acceptors (Lipinski definition) is 5. The fourth-order valence-electron chi connectivity index (χ4n) is 3.84. The maximum atomic E-state index is 12.3. The van der Waals surface area contributed by atoms with Gasteiger partial charge < -0.3 is 20.1 Å². The lowest BCUT2D eigenvalue weighted by atomic mass is 10.00. The van der Waals surface area contributed by atoms with Crippen LogP contribution in [0.5, 0.6) is 0 Å². The molecule has 4 rings (SSSR count). The largest absolute Gasteiger partial charge is 0.381 e. The van der Waals surface area contributed by atoms with E-state index >= 15 is 0 Å². The van der Waals surface area contributed by atoms with E-state index in [9.17, 15) is 4.79 Å². The van der Waals surface area contributed by atoms with Crippen molar-refractivity contribution in [2.24, 2.45) is 10.9 Å². The minimum Gasteiger partial charge on any atom is -0.381 e. The van der Waals surface area contributed by atoms with Crippen molar-refractivity contribution in [2.45, 2.75) is 44.2 Å². The van der Waals surface area contributed by atoms with Crippen LogP contribution in [0.15, 0.2) is 29.4 Å². The normalized spacial score (nSPS) is 26.4. The summed E-state index contributed by atoms with van der Waals surface area (Å²) >= 11 is 6.42. The molecule has 7 nitrogen and oxygen atoms in total. The van der Waals surface area contributed by atoms with E-state index in [0.29, 0.717) is 23.4 Å². The molecule has 4 heterocycles. The van der Waals surface area contributed by atoms with Crippen molar-refractivity contribution in [3.05, 3.63) is 35.0 Å². The van der Waals surface area contributed by atoms with Crippen molar-refractivity contribution >= 4 is 29.2 Å². The van der Waals surface area contributed by atoms with E-state index < -0.39 is 6.10 Å². The van der Waals surface area contributed by atoms with Gasteiger partial charge in [0, 0.05) is 32.6 Å². The fourth-order valence-corrected chi connectivity index (χ4v) is 4.08. The predicted molar refractivity (Wildman–Crippen MR) is 112 cm³/mol. The number of anilines is 1. The van der Waals surface area contributed by atoms with Crippen molar-refractivity contribution in [2.75, 3.05) is 31.7 Å². The number of nitrogens with zero attached hydrogens (tertiary/aromatic N) is 2. The molecular formula is C21H27ClN4O3. The van der Waals surface area contributed by atoms with Crippen molar-refractivity contribution in [3.8, 4) is 0 Å². The summed E-state index contributed by atoms with van der Waals surface area (Å²) < 4.78 is 10.9. The number of amidine groups is 1. The molecule has 156 valence electrons. The Bertz CT molecular complexity index is 786. The van der Waals surface area contributed by atoms with Crippen LogP contribution < -0.4 is 10.6 Å². The molecule has 29 heavy (non-hydrogen) atoms. The second-order valence-corrected chi connectivity index (χ2v) is 8.11. The number of rotatable bonds is 5. The Morgan fingerprint density at radius 3 is 2.97 bits per heavy atom. The number of halogens is 1. The first-order chi connectivity index (χ1) is 14.2. The molecule has 2 unspecified atom stereocenters. The summed E-state index contributed by atoms with van der Waals surface area (Å²) in [7, 11) is 0. The Balaban J connectivity index is 1.41. The summed E-state index contributed by atoms with van der Waals surface area (Å²) in [6, 6.07) is 1.82. The summed E-state index contributed by atoms with van der Waals surface area (Å²) in [5.74, 6) is 1.78. The lowest BCUT2D eigenvalue weighted by Crippen LogP contribution is -2.31. The van der Waals surface area contributed by atoms with Crippen LogP contribution in [0.3, 0.4) is 0 Å². The van der Waals surface area contributed by atoms with Gasteiger partial charge in [-0.05, 0) is 55.7 Å². The minimum absolute atomic E-state index is 0.0117. The van der Waals surface area contributed by atoms with Crippen molar-refractivity contribution < 1.29 is 14.3 Å². The minimum atomic E-state index is -0.393. The molecule has 3 aliphatic rings. The zero-order chi connectivity index (χ0) is 20.1. The molecule has 2 atom stereocenters. The van der Waals surface area contributed by atoms with Gasteiger partial charge in [-0.3, -0.25) is 9.79 Å². The summed E-state index contributed by atoms with van der Waals surface area (Å²) in [6.45, 7) is 3.09. The van der Waals surface area contributed by atoms with E-state index in [1.807, 2.05) is 12.1 Å². The average Bonchev–Trinajstić information content (AvgIpc) is 3.30. The number of nitrogens with one attached hydrogen (secondary N) is 2. The standard InChI is InChI=1S/C21H27ClN4O3/c22-16-13-24-20(26-21(27)18-4-2-8-29-18)11-15(16)17-3-1-5-19(25-17)23-12-14-6-9-28-10-7-14/h1,5,11,13-14,17-18H,2-4,6-10,12H2,(H,23,25)(H,24,26,27). The lowest BCUT2D eigenvalue weighted by Gasteiger charge is -2.25. The highest BCUT2D eigenvalue weighted by atomic mass is 35.5. The molecule has 0 aromatic carbocycles. The molecule has 1 aromatic rings. The third kappa shape index (κ3) is 5.35. The molecule has 8 heteroatoms. The maximum absolute atomic E-state index is 12.3. The van der Waals surface area contributed by atoms with E-state index in [2.05, 4.69) is 21.7 Å². The summed E-state index contributed by atoms with van der Waals surface area (Å²) in [4.78, 5) is 21.3.